The maximum atomic E-state index is 9.09. The molecule has 0 unspecified atom stereocenters. The molecule has 0 aliphatic heterocycles. The highest BCUT2D eigenvalue weighted by Crippen LogP contribution is 2.16. The van der Waals surface area contributed by atoms with Crippen LogP contribution in [-0.2, 0) is 0 Å². The van der Waals surface area contributed by atoms with E-state index < -0.39 is 0 Å². The predicted molar refractivity (Wildman–Crippen MR) is 62.2 cm³/mol. The molecule has 0 radical (unpaired) electrons. The van der Waals surface area contributed by atoms with E-state index in [0.29, 0.717) is 6.61 Å². The van der Waals surface area contributed by atoms with Gasteiger partial charge in [0.1, 0.15) is 18.1 Å². The van der Waals surface area contributed by atoms with Crippen molar-refractivity contribution in [3.8, 4) is 11.5 Å². The largest absolute Gasteiger partial charge is 0.508 e. The molecule has 1 aromatic rings. The van der Waals surface area contributed by atoms with E-state index in [1.165, 1.54) is 0 Å². The summed E-state index contributed by atoms with van der Waals surface area (Å²) in [7, 11) is 0. The Balaban J connectivity index is 2.53. The molecule has 80 valence electrons. The van der Waals surface area contributed by atoms with Crippen molar-refractivity contribution in [3.63, 3.8) is 0 Å². The van der Waals surface area contributed by atoms with Gasteiger partial charge < -0.3 is 9.84 Å². The van der Waals surface area contributed by atoms with E-state index in [1.807, 2.05) is 32.1 Å². The summed E-state index contributed by atoms with van der Waals surface area (Å²) >= 11 is 0. The third-order valence-electron chi connectivity index (χ3n) is 1.99. The molecule has 2 heteroatoms. The molecule has 0 spiro atoms. The van der Waals surface area contributed by atoms with Gasteiger partial charge in [-0.25, -0.2) is 0 Å². The fourth-order valence-electron chi connectivity index (χ4n) is 1.15. The number of rotatable bonds is 4. The molecule has 0 aliphatic rings. The Bertz CT molecular complexity index is 347. The first kappa shape index (κ1) is 11.4. The van der Waals surface area contributed by atoms with Crippen molar-refractivity contribution in [2.75, 3.05) is 6.61 Å². The topological polar surface area (TPSA) is 29.5 Å². The Hall–Kier alpha value is -1.70. The van der Waals surface area contributed by atoms with Crippen LogP contribution in [0.1, 0.15) is 13.8 Å². The molecule has 0 aromatic heterocycles. The Labute approximate surface area is 90.5 Å². The Kier molecular flexibility index (Phi) is 4.48. The highest BCUT2D eigenvalue weighted by Gasteiger charge is 1.95. The van der Waals surface area contributed by atoms with Gasteiger partial charge in [0.05, 0.1) is 0 Å². The minimum absolute atomic E-state index is 0.252. The van der Waals surface area contributed by atoms with Gasteiger partial charge >= 0.3 is 0 Å². The number of phenols is 1. The number of phenolic OH excluding ortho intramolecular Hbond substituents is 1. The Morgan fingerprint density at radius 1 is 1.27 bits per heavy atom. The maximum Gasteiger partial charge on any atom is 0.120 e. The second-order valence-electron chi connectivity index (χ2n) is 3.15. The number of hydrogen-bond donors (Lipinski definition) is 1. The lowest BCUT2D eigenvalue weighted by molar-refractivity contribution is 0.354. The van der Waals surface area contributed by atoms with Gasteiger partial charge in [0.25, 0.3) is 0 Å². The summed E-state index contributed by atoms with van der Waals surface area (Å²) in [5.74, 6) is 1.01. The zero-order chi connectivity index (χ0) is 11.1. The second-order valence-corrected chi connectivity index (χ2v) is 3.15. The molecule has 0 amide bonds. The van der Waals surface area contributed by atoms with E-state index in [9.17, 15) is 0 Å². The molecule has 0 heterocycles. The minimum atomic E-state index is 0.252. The summed E-state index contributed by atoms with van der Waals surface area (Å²) in [6.07, 6.45) is 6.01. The first-order valence-electron chi connectivity index (χ1n) is 4.96. The van der Waals surface area contributed by atoms with Crippen molar-refractivity contribution in [2.24, 2.45) is 0 Å². The standard InChI is InChI=1S/C13H16O2/c1-3-5-11(4-2)10-15-13-8-6-12(14)7-9-13/h3-9,14H,10H2,1-2H3/b5-3-,11-4+. The van der Waals surface area contributed by atoms with Crippen molar-refractivity contribution in [1.82, 2.24) is 0 Å². The zero-order valence-corrected chi connectivity index (χ0v) is 9.10. The number of aromatic hydroxyl groups is 1. The minimum Gasteiger partial charge on any atom is -0.508 e. The van der Waals surface area contributed by atoms with Crippen LogP contribution in [0.25, 0.3) is 0 Å². The zero-order valence-electron chi connectivity index (χ0n) is 9.10. The smallest absolute Gasteiger partial charge is 0.120 e. The van der Waals surface area contributed by atoms with Crippen LogP contribution in [0, 0.1) is 0 Å². The van der Waals surface area contributed by atoms with Crippen LogP contribution in [0.4, 0.5) is 0 Å². The van der Waals surface area contributed by atoms with Gasteiger partial charge in [-0.15, -0.1) is 0 Å². The first-order valence-corrected chi connectivity index (χ1v) is 4.96. The van der Waals surface area contributed by atoms with Crippen LogP contribution < -0.4 is 4.74 Å². The molecule has 0 bridgehead atoms. The van der Waals surface area contributed by atoms with Gasteiger partial charge in [-0.1, -0.05) is 18.2 Å². The molecule has 1 rings (SSSR count). The van der Waals surface area contributed by atoms with Crippen molar-refractivity contribution < 1.29 is 9.84 Å². The summed E-state index contributed by atoms with van der Waals surface area (Å²) in [6.45, 7) is 4.51. The lowest BCUT2D eigenvalue weighted by atomic mass is 10.2. The van der Waals surface area contributed by atoms with Crippen LogP contribution in [0.5, 0.6) is 11.5 Å². The fourth-order valence-corrected chi connectivity index (χ4v) is 1.15. The average Bonchev–Trinajstić information content (AvgIpc) is 2.26. The van der Waals surface area contributed by atoms with Crippen molar-refractivity contribution >= 4 is 0 Å². The van der Waals surface area contributed by atoms with Crippen LogP contribution >= 0.6 is 0 Å². The van der Waals surface area contributed by atoms with Gasteiger partial charge in [-0.05, 0) is 43.7 Å². The van der Waals surface area contributed by atoms with Crippen molar-refractivity contribution in [3.05, 3.63) is 48.1 Å². The molecule has 15 heavy (non-hydrogen) atoms. The number of allylic oxidation sites excluding steroid dienone is 2. The molecule has 1 N–H and O–H groups in total. The molecular weight excluding hydrogens is 188 g/mol. The number of benzene rings is 1. The van der Waals surface area contributed by atoms with Crippen LogP contribution in [0.2, 0.25) is 0 Å². The molecule has 0 aliphatic carbocycles. The van der Waals surface area contributed by atoms with E-state index >= 15 is 0 Å². The quantitative estimate of drug-likeness (QED) is 0.762. The summed E-state index contributed by atoms with van der Waals surface area (Å²) in [6, 6.07) is 6.72. The summed E-state index contributed by atoms with van der Waals surface area (Å²) < 4.78 is 5.54. The summed E-state index contributed by atoms with van der Waals surface area (Å²) in [5, 5.41) is 9.09. The molecule has 1 aromatic carbocycles. The van der Waals surface area contributed by atoms with E-state index in [4.69, 9.17) is 9.84 Å². The van der Waals surface area contributed by atoms with Crippen molar-refractivity contribution in [2.45, 2.75) is 13.8 Å². The van der Waals surface area contributed by atoms with Gasteiger partial charge in [0.2, 0.25) is 0 Å². The number of hydrogen-bond acceptors (Lipinski definition) is 2. The predicted octanol–water partition coefficient (Wildman–Crippen LogP) is 3.29. The second kappa shape index (κ2) is 5.91. The highest BCUT2D eigenvalue weighted by atomic mass is 16.5. The van der Waals surface area contributed by atoms with Crippen LogP contribution in [0.15, 0.2) is 48.1 Å². The van der Waals surface area contributed by atoms with Gasteiger partial charge in [0.15, 0.2) is 0 Å². The average molecular weight is 204 g/mol. The first-order chi connectivity index (χ1) is 7.26. The van der Waals surface area contributed by atoms with Crippen LogP contribution in [-0.4, -0.2) is 11.7 Å². The molecule has 0 atom stereocenters. The molecule has 0 fully saturated rings. The van der Waals surface area contributed by atoms with E-state index in [1.54, 1.807) is 24.3 Å². The molecule has 0 saturated carbocycles. The Morgan fingerprint density at radius 2 is 1.93 bits per heavy atom. The SMILES string of the molecule is C/C=C\C(=C/C)COc1ccc(O)cc1. The van der Waals surface area contributed by atoms with E-state index in [0.717, 1.165) is 11.3 Å². The lowest BCUT2D eigenvalue weighted by Crippen LogP contribution is -1.98. The third kappa shape index (κ3) is 3.90. The lowest BCUT2D eigenvalue weighted by Gasteiger charge is -2.06. The van der Waals surface area contributed by atoms with Crippen LogP contribution in [0.3, 0.4) is 0 Å². The normalized spacial score (nSPS) is 12.0. The fraction of sp³-hybridized carbons (Fsp3) is 0.231. The molecule has 2 nitrogen and oxygen atoms in total. The third-order valence-corrected chi connectivity index (χ3v) is 1.99. The summed E-state index contributed by atoms with van der Waals surface area (Å²) in [5.41, 5.74) is 1.13. The van der Waals surface area contributed by atoms with E-state index in [2.05, 4.69) is 0 Å². The summed E-state index contributed by atoms with van der Waals surface area (Å²) in [4.78, 5) is 0. The monoisotopic (exact) mass is 204 g/mol. The van der Waals surface area contributed by atoms with E-state index in [-0.39, 0.29) is 5.75 Å². The van der Waals surface area contributed by atoms with Gasteiger partial charge in [-0.3, -0.25) is 0 Å². The highest BCUT2D eigenvalue weighted by molar-refractivity contribution is 5.31. The Morgan fingerprint density at radius 3 is 2.47 bits per heavy atom. The molecular formula is C13H16O2. The van der Waals surface area contributed by atoms with Crippen molar-refractivity contribution in [1.29, 1.82) is 0 Å². The number of ether oxygens (including phenoxy) is 1. The maximum absolute atomic E-state index is 9.09. The van der Waals surface area contributed by atoms with Gasteiger partial charge in [-0.2, -0.15) is 0 Å². The van der Waals surface area contributed by atoms with Gasteiger partial charge in [0, 0.05) is 0 Å². The molecule has 0 saturated heterocycles.